The summed E-state index contributed by atoms with van der Waals surface area (Å²) >= 11 is 0. The van der Waals surface area contributed by atoms with Crippen LogP contribution < -0.4 is 14.4 Å². The molecule has 0 aliphatic rings. The van der Waals surface area contributed by atoms with Crippen molar-refractivity contribution in [2.75, 3.05) is 18.0 Å². The predicted molar refractivity (Wildman–Crippen MR) is 163 cm³/mol. The van der Waals surface area contributed by atoms with E-state index in [9.17, 15) is 18.0 Å². The Bertz CT molecular complexity index is 1450. The van der Waals surface area contributed by atoms with Gasteiger partial charge < -0.3 is 15.0 Å². The molecule has 1 N–H and O–H groups in total. The second-order valence-corrected chi connectivity index (χ2v) is 12.4. The van der Waals surface area contributed by atoms with Crippen molar-refractivity contribution in [1.82, 2.24) is 10.2 Å². The molecule has 220 valence electrons. The molecule has 41 heavy (non-hydrogen) atoms. The second kappa shape index (κ2) is 13.7. The summed E-state index contributed by atoms with van der Waals surface area (Å²) in [4.78, 5) is 28.8. The van der Waals surface area contributed by atoms with Crippen LogP contribution >= 0.6 is 0 Å². The minimum atomic E-state index is -4.12. The third-order valence-corrected chi connectivity index (χ3v) is 8.83. The van der Waals surface area contributed by atoms with Gasteiger partial charge in [0.1, 0.15) is 18.3 Å². The van der Waals surface area contributed by atoms with E-state index in [1.165, 1.54) is 4.90 Å². The van der Waals surface area contributed by atoms with E-state index >= 15 is 0 Å². The van der Waals surface area contributed by atoms with Crippen molar-refractivity contribution in [3.8, 4) is 5.75 Å². The largest absolute Gasteiger partial charge is 0.497 e. The van der Waals surface area contributed by atoms with Gasteiger partial charge >= 0.3 is 0 Å². The highest BCUT2D eigenvalue weighted by atomic mass is 32.2. The number of methoxy groups -OCH3 is 1. The van der Waals surface area contributed by atoms with Gasteiger partial charge in [0.25, 0.3) is 10.0 Å². The normalized spacial score (nSPS) is 12.8. The minimum Gasteiger partial charge on any atom is -0.497 e. The fourth-order valence-corrected chi connectivity index (χ4v) is 5.87. The van der Waals surface area contributed by atoms with Crippen LogP contribution in [0.2, 0.25) is 0 Å². The molecule has 2 atom stereocenters. The monoisotopic (exact) mass is 579 g/mol. The van der Waals surface area contributed by atoms with E-state index in [2.05, 4.69) is 5.32 Å². The minimum absolute atomic E-state index is 0.0765. The van der Waals surface area contributed by atoms with E-state index in [1.54, 1.807) is 62.6 Å². The van der Waals surface area contributed by atoms with Crippen molar-refractivity contribution in [2.45, 2.75) is 71.5 Å². The number of hydrogen-bond donors (Lipinski definition) is 1. The Kier molecular flexibility index (Phi) is 10.6. The maximum absolute atomic E-state index is 14.1. The molecule has 0 fully saturated rings. The topological polar surface area (TPSA) is 96.0 Å². The first-order valence-electron chi connectivity index (χ1n) is 13.8. The van der Waals surface area contributed by atoms with Crippen LogP contribution in [0.1, 0.15) is 49.4 Å². The lowest BCUT2D eigenvalue weighted by molar-refractivity contribution is -0.139. The summed E-state index contributed by atoms with van der Waals surface area (Å²) in [6.45, 7) is 10.8. The lowest BCUT2D eigenvalue weighted by Crippen LogP contribution is -2.52. The van der Waals surface area contributed by atoms with Crippen LogP contribution in [0.4, 0.5) is 5.69 Å². The molecular formula is C32H41N3O5S. The highest BCUT2D eigenvalue weighted by molar-refractivity contribution is 7.92. The molecule has 0 heterocycles. The molecule has 3 rings (SSSR count). The Morgan fingerprint density at radius 3 is 2.12 bits per heavy atom. The lowest BCUT2D eigenvalue weighted by atomic mass is 10.1. The van der Waals surface area contributed by atoms with Crippen LogP contribution in [-0.2, 0) is 26.2 Å². The molecule has 0 aromatic heterocycles. The number of aryl methyl sites for hydroxylation is 3. The first kappa shape index (κ1) is 31.7. The Labute approximate surface area is 244 Å². The Hall–Kier alpha value is -3.85. The van der Waals surface area contributed by atoms with Crippen LogP contribution in [0.25, 0.3) is 0 Å². The number of ether oxygens (including phenoxy) is 1. The van der Waals surface area contributed by atoms with Crippen LogP contribution in [0.5, 0.6) is 5.75 Å². The van der Waals surface area contributed by atoms with Gasteiger partial charge in [-0.05, 0) is 94.1 Å². The molecule has 8 nitrogen and oxygen atoms in total. The second-order valence-electron chi connectivity index (χ2n) is 10.5. The third-order valence-electron chi connectivity index (χ3n) is 7.04. The van der Waals surface area contributed by atoms with Gasteiger partial charge in [-0.2, -0.15) is 0 Å². The van der Waals surface area contributed by atoms with E-state index in [4.69, 9.17) is 4.74 Å². The smallest absolute Gasteiger partial charge is 0.264 e. The van der Waals surface area contributed by atoms with E-state index in [0.717, 1.165) is 33.0 Å². The summed E-state index contributed by atoms with van der Waals surface area (Å²) in [6, 6.07) is 18.3. The quantitative estimate of drug-likeness (QED) is 0.320. The van der Waals surface area contributed by atoms with Gasteiger partial charge in [0.05, 0.1) is 17.7 Å². The molecule has 0 aliphatic heterocycles. The number of amides is 2. The number of hydrogen-bond acceptors (Lipinski definition) is 5. The number of carbonyl (C=O) groups is 2. The van der Waals surface area contributed by atoms with Gasteiger partial charge in [-0.1, -0.05) is 42.8 Å². The summed E-state index contributed by atoms with van der Waals surface area (Å²) in [7, 11) is -2.56. The molecule has 3 aromatic carbocycles. The van der Waals surface area contributed by atoms with E-state index in [1.807, 2.05) is 52.8 Å². The van der Waals surface area contributed by atoms with Crippen molar-refractivity contribution in [2.24, 2.45) is 0 Å². The van der Waals surface area contributed by atoms with E-state index in [0.29, 0.717) is 11.4 Å². The molecule has 9 heteroatoms. The fourth-order valence-electron chi connectivity index (χ4n) is 4.48. The molecule has 0 saturated carbocycles. The Morgan fingerprint density at radius 2 is 1.54 bits per heavy atom. The van der Waals surface area contributed by atoms with Crippen molar-refractivity contribution in [3.05, 3.63) is 89.0 Å². The summed E-state index contributed by atoms with van der Waals surface area (Å²) in [5.41, 5.74) is 3.79. The lowest BCUT2D eigenvalue weighted by Gasteiger charge is -2.32. The number of rotatable bonds is 12. The summed E-state index contributed by atoms with van der Waals surface area (Å²) in [6.07, 6.45) is 0.734. The average molecular weight is 580 g/mol. The number of benzene rings is 3. The number of carbonyl (C=O) groups excluding carboxylic acids is 2. The first-order valence-corrected chi connectivity index (χ1v) is 15.2. The van der Waals surface area contributed by atoms with Gasteiger partial charge in [-0.25, -0.2) is 8.42 Å². The van der Waals surface area contributed by atoms with Crippen molar-refractivity contribution >= 4 is 27.5 Å². The number of anilines is 1. The molecule has 2 amide bonds. The van der Waals surface area contributed by atoms with Gasteiger partial charge in [0, 0.05) is 12.6 Å². The molecule has 2 unspecified atom stereocenters. The molecule has 0 aliphatic carbocycles. The van der Waals surface area contributed by atoms with E-state index < -0.39 is 28.5 Å². The summed E-state index contributed by atoms with van der Waals surface area (Å²) < 4.78 is 34.5. The van der Waals surface area contributed by atoms with Gasteiger partial charge in [0.15, 0.2) is 0 Å². The van der Waals surface area contributed by atoms with Crippen molar-refractivity contribution < 1.29 is 22.7 Å². The zero-order valence-corrected chi connectivity index (χ0v) is 25.8. The summed E-state index contributed by atoms with van der Waals surface area (Å²) in [5.74, 6) is -0.199. The standard InChI is InChI=1S/C32H41N3O5S/c1-8-25(5)33-32(37)26(6)34(20-27-10-9-11-29(19-27)40-7)31(36)21-35(28-17-23(3)16-24(4)18-28)41(38,39)30-14-12-22(2)13-15-30/h9-19,25-26H,8,20-21H2,1-7H3,(H,33,37). The third kappa shape index (κ3) is 8.10. The van der Waals surface area contributed by atoms with Crippen LogP contribution in [-0.4, -0.2) is 50.9 Å². The molecular weight excluding hydrogens is 538 g/mol. The highest BCUT2D eigenvalue weighted by Gasteiger charge is 2.33. The molecule has 0 radical (unpaired) electrons. The molecule has 0 spiro atoms. The van der Waals surface area contributed by atoms with Crippen molar-refractivity contribution in [3.63, 3.8) is 0 Å². The maximum Gasteiger partial charge on any atom is 0.264 e. The fraction of sp³-hybridized carbons (Fsp3) is 0.375. The zero-order valence-electron chi connectivity index (χ0n) is 25.0. The molecule has 3 aromatic rings. The van der Waals surface area contributed by atoms with Crippen LogP contribution in [0, 0.1) is 20.8 Å². The number of nitrogens with one attached hydrogen (secondary N) is 1. The molecule has 0 bridgehead atoms. The zero-order chi connectivity index (χ0) is 30.3. The van der Waals surface area contributed by atoms with Crippen molar-refractivity contribution in [1.29, 1.82) is 0 Å². The van der Waals surface area contributed by atoms with E-state index in [-0.39, 0.29) is 23.4 Å². The number of nitrogens with zero attached hydrogens (tertiary/aromatic N) is 2. The van der Waals surface area contributed by atoms with Crippen LogP contribution in [0.15, 0.2) is 71.6 Å². The predicted octanol–water partition coefficient (Wildman–Crippen LogP) is 5.15. The first-order chi connectivity index (χ1) is 19.3. The Balaban J connectivity index is 2.07. The van der Waals surface area contributed by atoms with Gasteiger partial charge in [-0.15, -0.1) is 0 Å². The maximum atomic E-state index is 14.1. The molecule has 0 saturated heterocycles. The SMILES string of the molecule is CCC(C)NC(=O)C(C)N(Cc1cccc(OC)c1)C(=O)CN(c1cc(C)cc(C)c1)S(=O)(=O)c1ccc(C)cc1. The van der Waals surface area contributed by atoms with Gasteiger partial charge in [0.2, 0.25) is 11.8 Å². The highest BCUT2D eigenvalue weighted by Crippen LogP contribution is 2.27. The van der Waals surface area contributed by atoms with Crippen LogP contribution in [0.3, 0.4) is 0 Å². The number of sulfonamides is 1. The average Bonchev–Trinajstić information content (AvgIpc) is 2.93. The Morgan fingerprint density at radius 1 is 0.902 bits per heavy atom. The van der Waals surface area contributed by atoms with Gasteiger partial charge in [-0.3, -0.25) is 13.9 Å². The summed E-state index contributed by atoms with van der Waals surface area (Å²) in [5, 5.41) is 2.94.